The molecule has 0 aromatic rings. The Morgan fingerprint density at radius 1 is 1.29 bits per heavy atom. The van der Waals surface area contributed by atoms with Crippen LogP contribution in [0.5, 0.6) is 0 Å². The first-order chi connectivity index (χ1) is 6.37. The Morgan fingerprint density at radius 3 is 2.21 bits per heavy atom. The summed E-state index contributed by atoms with van der Waals surface area (Å²) in [6.07, 6.45) is 0. The molecule has 0 aromatic carbocycles. The third-order valence-corrected chi connectivity index (χ3v) is 2.63. The molecular weight excluding hydrogens is 235 g/mol. The van der Waals surface area contributed by atoms with Crippen molar-refractivity contribution in [1.82, 2.24) is 4.90 Å². The molecule has 14 heavy (non-hydrogen) atoms. The first-order valence-corrected chi connectivity index (χ1v) is 5.89. The fraction of sp³-hybridized carbons (Fsp3) is 1.00. The van der Waals surface area contributed by atoms with Gasteiger partial charge in [0, 0.05) is 30.8 Å². The average Bonchev–Trinajstić information content (AvgIpc) is 2.00. The van der Waals surface area contributed by atoms with E-state index in [1.54, 1.807) is 0 Å². The predicted octanol–water partition coefficient (Wildman–Crippen LogP) is 3.19. The number of halogens is 4. The quantitative estimate of drug-likeness (QED) is 0.665. The van der Waals surface area contributed by atoms with E-state index in [9.17, 15) is 13.2 Å². The lowest BCUT2D eigenvalue weighted by atomic mass is 10.3. The highest BCUT2D eigenvalue weighted by molar-refractivity contribution is 8.00. The zero-order valence-electron chi connectivity index (χ0n) is 8.27. The third-order valence-electron chi connectivity index (χ3n) is 1.75. The molecule has 0 amide bonds. The smallest absolute Gasteiger partial charge is 0.299 e. The Kier molecular flexibility index (Phi) is 6.99. The van der Waals surface area contributed by atoms with Gasteiger partial charge in [0.1, 0.15) is 0 Å². The molecule has 0 N–H and O–H groups in total. The van der Waals surface area contributed by atoms with Crippen molar-refractivity contribution >= 4 is 23.4 Å². The normalized spacial score (nSPS) is 12.9. The van der Waals surface area contributed by atoms with Crippen LogP contribution in [0.15, 0.2) is 0 Å². The van der Waals surface area contributed by atoms with Crippen molar-refractivity contribution in [2.45, 2.75) is 25.4 Å². The Hall–Kier alpha value is 0.390. The average molecular weight is 250 g/mol. The molecule has 0 bridgehead atoms. The molecule has 0 aliphatic heterocycles. The van der Waals surface area contributed by atoms with Crippen LogP contribution in [0.2, 0.25) is 0 Å². The second-order valence-electron chi connectivity index (χ2n) is 3.11. The van der Waals surface area contributed by atoms with Crippen LogP contribution in [0.3, 0.4) is 0 Å². The topological polar surface area (TPSA) is 3.24 Å². The van der Waals surface area contributed by atoms with Crippen LogP contribution in [0.1, 0.15) is 13.8 Å². The fourth-order valence-corrected chi connectivity index (χ4v) is 1.79. The van der Waals surface area contributed by atoms with Gasteiger partial charge in [0.15, 0.2) is 0 Å². The van der Waals surface area contributed by atoms with E-state index < -0.39 is 5.51 Å². The van der Waals surface area contributed by atoms with Gasteiger partial charge >= 0.3 is 5.51 Å². The van der Waals surface area contributed by atoms with Crippen molar-refractivity contribution in [3.8, 4) is 0 Å². The number of hydrogen-bond donors (Lipinski definition) is 0. The lowest BCUT2D eigenvalue weighted by molar-refractivity contribution is -0.0329. The van der Waals surface area contributed by atoms with Gasteiger partial charge in [0.2, 0.25) is 0 Å². The minimum Gasteiger partial charge on any atom is -0.299 e. The van der Waals surface area contributed by atoms with Gasteiger partial charge in [-0.2, -0.15) is 13.2 Å². The summed E-state index contributed by atoms with van der Waals surface area (Å²) in [7, 11) is 0. The zero-order valence-corrected chi connectivity index (χ0v) is 9.85. The van der Waals surface area contributed by atoms with Gasteiger partial charge in [-0.15, -0.1) is 11.6 Å². The number of thioether (sulfide) groups is 1. The maximum Gasteiger partial charge on any atom is 0.441 e. The van der Waals surface area contributed by atoms with E-state index in [1.807, 2.05) is 18.7 Å². The molecule has 0 saturated carbocycles. The highest BCUT2D eigenvalue weighted by atomic mass is 35.5. The van der Waals surface area contributed by atoms with Gasteiger partial charge in [-0.3, -0.25) is 4.90 Å². The minimum absolute atomic E-state index is 0.0204. The van der Waals surface area contributed by atoms with Gasteiger partial charge in [0.05, 0.1) is 0 Å². The molecule has 0 fully saturated rings. The minimum atomic E-state index is -4.12. The molecule has 0 aromatic heterocycles. The van der Waals surface area contributed by atoms with E-state index in [0.717, 1.165) is 0 Å². The van der Waals surface area contributed by atoms with E-state index in [4.69, 9.17) is 11.6 Å². The molecule has 0 unspecified atom stereocenters. The highest BCUT2D eigenvalue weighted by Gasteiger charge is 2.27. The summed E-state index contributed by atoms with van der Waals surface area (Å²) in [6.45, 7) is 4.96. The van der Waals surface area contributed by atoms with Crippen LogP contribution in [-0.2, 0) is 0 Å². The third kappa shape index (κ3) is 7.76. The second kappa shape index (κ2) is 6.80. The van der Waals surface area contributed by atoms with Gasteiger partial charge in [0.25, 0.3) is 0 Å². The summed E-state index contributed by atoms with van der Waals surface area (Å²) in [6, 6.07) is 0.239. The number of hydrogen-bond acceptors (Lipinski definition) is 2. The highest BCUT2D eigenvalue weighted by Crippen LogP contribution is 2.29. The van der Waals surface area contributed by atoms with Gasteiger partial charge in [-0.25, -0.2) is 0 Å². The Bertz CT molecular complexity index is 152. The Balaban J connectivity index is 3.72. The first kappa shape index (κ1) is 14.4. The summed E-state index contributed by atoms with van der Waals surface area (Å²) in [5.74, 6) is 0.521. The maximum absolute atomic E-state index is 11.8. The van der Waals surface area contributed by atoms with Crippen LogP contribution < -0.4 is 0 Å². The molecule has 0 atom stereocenters. The summed E-state index contributed by atoms with van der Waals surface area (Å²) in [5.41, 5.74) is -4.12. The SMILES string of the molecule is CC(C)N(CCCl)CCSC(F)(F)F. The van der Waals surface area contributed by atoms with Crippen molar-refractivity contribution < 1.29 is 13.2 Å². The summed E-state index contributed by atoms with van der Waals surface area (Å²) < 4.78 is 35.4. The predicted molar refractivity (Wildman–Crippen MR) is 55.9 cm³/mol. The van der Waals surface area contributed by atoms with Crippen molar-refractivity contribution in [1.29, 1.82) is 0 Å². The van der Waals surface area contributed by atoms with Crippen molar-refractivity contribution in [3.63, 3.8) is 0 Å². The van der Waals surface area contributed by atoms with E-state index in [1.165, 1.54) is 0 Å². The van der Waals surface area contributed by atoms with Crippen LogP contribution in [-0.4, -0.2) is 41.2 Å². The molecule has 0 rings (SSSR count). The molecule has 0 radical (unpaired) electrons. The Labute approximate surface area is 92.0 Å². The standard InChI is InChI=1S/C8H15ClF3NS/c1-7(2)13(4-3-9)5-6-14-8(10,11)12/h7H,3-6H2,1-2H3. The number of rotatable bonds is 6. The van der Waals surface area contributed by atoms with Crippen molar-refractivity contribution in [2.24, 2.45) is 0 Å². The van der Waals surface area contributed by atoms with Crippen LogP contribution in [0, 0.1) is 0 Å². The van der Waals surface area contributed by atoms with Gasteiger partial charge in [-0.05, 0) is 25.6 Å². The van der Waals surface area contributed by atoms with Crippen LogP contribution >= 0.6 is 23.4 Å². The van der Waals surface area contributed by atoms with Crippen molar-refractivity contribution in [2.75, 3.05) is 24.7 Å². The molecule has 6 heteroatoms. The first-order valence-electron chi connectivity index (χ1n) is 4.37. The van der Waals surface area contributed by atoms with Crippen LogP contribution in [0.4, 0.5) is 13.2 Å². The summed E-state index contributed by atoms with van der Waals surface area (Å²) >= 11 is 5.56. The lowest BCUT2D eigenvalue weighted by Gasteiger charge is -2.25. The zero-order chi connectivity index (χ0) is 11.2. The van der Waals surface area contributed by atoms with E-state index in [-0.39, 0.29) is 23.6 Å². The molecule has 0 heterocycles. The molecule has 1 nitrogen and oxygen atoms in total. The van der Waals surface area contributed by atoms with E-state index in [2.05, 4.69) is 0 Å². The molecule has 86 valence electrons. The molecule has 0 spiro atoms. The molecule has 0 aliphatic rings. The number of nitrogens with zero attached hydrogens (tertiary/aromatic N) is 1. The second-order valence-corrected chi connectivity index (χ2v) is 4.65. The largest absolute Gasteiger partial charge is 0.441 e. The molecular formula is C8H15ClF3NS. The van der Waals surface area contributed by atoms with E-state index >= 15 is 0 Å². The lowest BCUT2D eigenvalue weighted by Crippen LogP contribution is -2.34. The number of alkyl halides is 4. The van der Waals surface area contributed by atoms with Gasteiger partial charge < -0.3 is 0 Å². The maximum atomic E-state index is 11.8. The molecule has 0 saturated heterocycles. The van der Waals surface area contributed by atoms with Crippen LogP contribution in [0.25, 0.3) is 0 Å². The van der Waals surface area contributed by atoms with E-state index in [0.29, 0.717) is 19.0 Å². The summed E-state index contributed by atoms with van der Waals surface area (Å²) in [5, 5.41) is 0. The monoisotopic (exact) mass is 249 g/mol. The fourth-order valence-electron chi connectivity index (χ4n) is 1.02. The van der Waals surface area contributed by atoms with Crippen molar-refractivity contribution in [3.05, 3.63) is 0 Å². The Morgan fingerprint density at radius 2 is 1.86 bits per heavy atom. The summed E-state index contributed by atoms with van der Waals surface area (Å²) in [4.78, 5) is 1.94. The molecule has 0 aliphatic carbocycles. The van der Waals surface area contributed by atoms with Gasteiger partial charge in [-0.1, -0.05) is 0 Å².